The number of carbonyl (C=O) groups is 3. The summed E-state index contributed by atoms with van der Waals surface area (Å²) in [4.78, 5) is 41.0. The Bertz CT molecular complexity index is 935. The van der Waals surface area contributed by atoms with Crippen molar-refractivity contribution in [3.63, 3.8) is 0 Å². The number of nitriles is 1. The highest BCUT2D eigenvalue weighted by molar-refractivity contribution is 5.93. The molecule has 0 radical (unpaired) electrons. The topological polar surface area (TPSA) is 132 Å². The van der Waals surface area contributed by atoms with Crippen LogP contribution in [0.15, 0.2) is 18.2 Å². The second kappa shape index (κ2) is 14.3. The van der Waals surface area contributed by atoms with E-state index in [1.54, 1.807) is 52.8 Å². The summed E-state index contributed by atoms with van der Waals surface area (Å²) in [6.07, 6.45) is 2.45. The van der Waals surface area contributed by atoms with Crippen molar-refractivity contribution in [3.8, 4) is 11.8 Å². The number of ether oxygens (including phenoxy) is 1. The van der Waals surface area contributed by atoms with E-state index in [2.05, 4.69) is 17.6 Å². The number of alkyl carbamates (subject to hydrolysis) is 1. The van der Waals surface area contributed by atoms with Crippen LogP contribution in [0, 0.1) is 24.2 Å². The van der Waals surface area contributed by atoms with Crippen LogP contribution < -0.4 is 10.6 Å². The number of carbonyl (C=O) groups excluding carboxylic acids is 3. The molecule has 3 amide bonds. The normalized spacial score (nSPS) is 13.6. The van der Waals surface area contributed by atoms with Crippen LogP contribution in [-0.2, 0) is 14.3 Å². The number of amides is 3. The molecule has 0 heterocycles. The third-order valence-corrected chi connectivity index (χ3v) is 5.88. The van der Waals surface area contributed by atoms with Gasteiger partial charge in [0.05, 0.1) is 6.07 Å². The van der Waals surface area contributed by atoms with E-state index in [1.165, 1.54) is 0 Å². The Morgan fingerprint density at radius 3 is 2.42 bits per heavy atom. The third-order valence-electron chi connectivity index (χ3n) is 5.88. The minimum absolute atomic E-state index is 0.123. The highest BCUT2D eigenvalue weighted by Gasteiger charge is 2.39. The molecule has 0 saturated carbocycles. The zero-order chi connectivity index (χ0) is 27.5. The van der Waals surface area contributed by atoms with E-state index in [0.717, 1.165) is 24.2 Å². The molecule has 0 spiro atoms. The molecule has 0 fully saturated rings. The van der Waals surface area contributed by atoms with Gasteiger partial charge < -0.3 is 25.4 Å². The molecular formula is C27H42N4O5. The molecule has 0 aliphatic heterocycles. The molecule has 9 heteroatoms. The average molecular weight is 503 g/mol. The van der Waals surface area contributed by atoms with Crippen LogP contribution in [0.4, 0.5) is 4.79 Å². The summed E-state index contributed by atoms with van der Waals surface area (Å²) < 4.78 is 5.35. The number of benzene rings is 1. The minimum atomic E-state index is -1.26. The van der Waals surface area contributed by atoms with Crippen LogP contribution >= 0.6 is 0 Å². The fraction of sp³-hybridized carbons (Fsp3) is 0.630. The van der Waals surface area contributed by atoms with Gasteiger partial charge in [0.25, 0.3) is 0 Å². The van der Waals surface area contributed by atoms with Crippen LogP contribution in [-0.4, -0.2) is 52.6 Å². The molecule has 3 atom stereocenters. The Kier molecular flexibility index (Phi) is 12.2. The van der Waals surface area contributed by atoms with Crippen molar-refractivity contribution in [2.45, 2.75) is 91.8 Å². The smallest absolute Gasteiger partial charge is 0.408 e. The van der Waals surface area contributed by atoms with E-state index < -0.39 is 42.1 Å². The van der Waals surface area contributed by atoms with Crippen molar-refractivity contribution in [1.29, 1.82) is 5.26 Å². The summed E-state index contributed by atoms with van der Waals surface area (Å²) in [6, 6.07) is 4.61. The van der Waals surface area contributed by atoms with Crippen LogP contribution in [0.1, 0.15) is 84.4 Å². The first-order valence-electron chi connectivity index (χ1n) is 12.6. The monoisotopic (exact) mass is 502 g/mol. The van der Waals surface area contributed by atoms with Crippen molar-refractivity contribution >= 4 is 17.9 Å². The van der Waals surface area contributed by atoms with Crippen LogP contribution in [0.25, 0.3) is 0 Å². The first kappa shape index (κ1) is 30.8. The van der Waals surface area contributed by atoms with E-state index >= 15 is 0 Å². The number of nitrogens with one attached hydrogen (secondary N) is 2. The zero-order valence-corrected chi connectivity index (χ0v) is 22.7. The Hall–Kier alpha value is -3.28. The van der Waals surface area contributed by atoms with Crippen molar-refractivity contribution in [2.75, 3.05) is 13.1 Å². The first-order chi connectivity index (χ1) is 16.9. The number of nitrogens with zero attached hydrogens (tertiary/aromatic N) is 2. The van der Waals surface area contributed by atoms with Crippen molar-refractivity contribution < 1.29 is 24.2 Å². The number of para-hydroxylation sites is 1. The molecule has 1 aromatic carbocycles. The lowest BCUT2D eigenvalue weighted by atomic mass is 9.95. The predicted molar refractivity (Wildman–Crippen MR) is 138 cm³/mol. The van der Waals surface area contributed by atoms with Gasteiger partial charge in [0.15, 0.2) is 0 Å². The van der Waals surface area contributed by atoms with Crippen LogP contribution in [0.5, 0.6) is 5.75 Å². The predicted octanol–water partition coefficient (Wildman–Crippen LogP) is 4.34. The molecule has 0 saturated heterocycles. The molecule has 3 N–H and O–H groups in total. The number of phenols is 1. The van der Waals surface area contributed by atoms with Gasteiger partial charge in [-0.2, -0.15) is 5.26 Å². The number of aromatic hydroxyl groups is 1. The number of hydrogen-bond donors (Lipinski definition) is 3. The fourth-order valence-electron chi connectivity index (χ4n) is 3.71. The maximum atomic E-state index is 13.9. The maximum absolute atomic E-state index is 13.9. The van der Waals surface area contributed by atoms with E-state index in [0.29, 0.717) is 18.5 Å². The highest BCUT2D eigenvalue weighted by atomic mass is 16.6. The number of aryl methyl sites for hydroxylation is 1. The number of rotatable bonds is 12. The van der Waals surface area contributed by atoms with Crippen LogP contribution in [0.3, 0.4) is 0 Å². The molecular weight excluding hydrogens is 460 g/mol. The molecule has 0 aromatic heterocycles. The number of hydrogen-bond acceptors (Lipinski definition) is 6. The average Bonchev–Trinajstić information content (AvgIpc) is 2.80. The second-order valence-corrected chi connectivity index (χ2v) is 10.0. The quantitative estimate of drug-likeness (QED) is 0.288. The lowest BCUT2D eigenvalue weighted by molar-refractivity contribution is -0.142. The van der Waals surface area contributed by atoms with Gasteiger partial charge in [-0.15, -0.1) is 0 Å². The van der Waals surface area contributed by atoms with Gasteiger partial charge in [-0.1, -0.05) is 58.2 Å². The SMILES string of the molecule is CCCCCNC(=O)C(c1cccc(C)c1O)N(CC#N)C(=O)C(NC(=O)OC(C)(C)C)C(C)CC. The Morgan fingerprint density at radius 2 is 1.86 bits per heavy atom. The molecule has 0 aliphatic rings. The zero-order valence-electron chi connectivity index (χ0n) is 22.7. The van der Waals surface area contributed by atoms with Crippen molar-refractivity contribution in [2.24, 2.45) is 5.92 Å². The van der Waals surface area contributed by atoms with E-state index in [1.807, 2.05) is 13.0 Å². The highest BCUT2D eigenvalue weighted by Crippen LogP contribution is 2.32. The summed E-state index contributed by atoms with van der Waals surface area (Å²) >= 11 is 0. The van der Waals surface area contributed by atoms with Gasteiger partial charge in [0, 0.05) is 12.1 Å². The molecule has 1 aromatic rings. The molecule has 1 rings (SSSR count). The molecule has 200 valence electrons. The lowest BCUT2D eigenvalue weighted by Gasteiger charge is -2.35. The Labute approximate surface area is 215 Å². The van der Waals surface area contributed by atoms with E-state index in [4.69, 9.17) is 4.74 Å². The first-order valence-corrected chi connectivity index (χ1v) is 12.6. The number of unbranched alkanes of at least 4 members (excludes halogenated alkanes) is 2. The largest absolute Gasteiger partial charge is 0.507 e. The maximum Gasteiger partial charge on any atom is 0.408 e. The van der Waals surface area contributed by atoms with Crippen LogP contribution in [0.2, 0.25) is 0 Å². The van der Waals surface area contributed by atoms with Gasteiger partial charge in [-0.25, -0.2) is 4.79 Å². The molecule has 36 heavy (non-hydrogen) atoms. The summed E-state index contributed by atoms with van der Waals surface area (Å²) in [6.45, 7) is 12.6. The number of phenolic OH excluding ortho intramolecular Hbond substituents is 1. The molecule has 3 unspecified atom stereocenters. The third kappa shape index (κ3) is 9.06. The summed E-state index contributed by atoms with van der Waals surface area (Å²) in [5.41, 5.74) is -0.0222. The lowest BCUT2D eigenvalue weighted by Crippen LogP contribution is -2.55. The van der Waals surface area contributed by atoms with Gasteiger partial charge in [0.2, 0.25) is 11.8 Å². The Balaban J connectivity index is 3.48. The Morgan fingerprint density at radius 1 is 1.19 bits per heavy atom. The summed E-state index contributed by atoms with van der Waals surface area (Å²) in [5.74, 6) is -1.55. The molecule has 9 nitrogen and oxygen atoms in total. The summed E-state index contributed by atoms with van der Waals surface area (Å²) in [5, 5.41) is 25.9. The molecule has 0 bridgehead atoms. The summed E-state index contributed by atoms with van der Waals surface area (Å²) in [7, 11) is 0. The van der Waals surface area contributed by atoms with Gasteiger partial charge >= 0.3 is 6.09 Å². The minimum Gasteiger partial charge on any atom is -0.507 e. The standard InChI is InChI=1S/C27H42N4O5/c1-8-10-11-16-29-24(33)22(20-14-12-13-19(4)23(20)32)31(17-15-28)25(34)21(18(3)9-2)30-26(35)36-27(5,6)7/h12-14,18,21-22,32H,8-11,16-17H2,1-7H3,(H,29,33)(H,30,35). The second-order valence-electron chi connectivity index (χ2n) is 10.0. The van der Waals surface area contributed by atoms with Crippen molar-refractivity contribution in [3.05, 3.63) is 29.3 Å². The van der Waals surface area contributed by atoms with E-state index in [-0.39, 0.29) is 17.2 Å². The van der Waals surface area contributed by atoms with Gasteiger partial charge in [-0.3, -0.25) is 9.59 Å². The van der Waals surface area contributed by atoms with E-state index in [9.17, 15) is 24.8 Å². The van der Waals surface area contributed by atoms with Crippen molar-refractivity contribution in [1.82, 2.24) is 15.5 Å². The fourth-order valence-corrected chi connectivity index (χ4v) is 3.71. The molecule has 0 aliphatic carbocycles. The van der Waals surface area contributed by atoms with Gasteiger partial charge in [-0.05, 0) is 45.6 Å². The van der Waals surface area contributed by atoms with Gasteiger partial charge in [0.1, 0.15) is 30.0 Å².